The molecular weight excluding hydrogens is 391 g/mol. The molecule has 1 aromatic rings. The van der Waals surface area contributed by atoms with Crippen molar-refractivity contribution in [2.45, 2.75) is 19.8 Å². The topological polar surface area (TPSA) is 57.7 Å². The number of aliphatic imine (C=N–C) groups is 1. The van der Waals surface area contributed by atoms with Crippen LogP contribution in [0.4, 0.5) is 5.69 Å². The van der Waals surface area contributed by atoms with Crippen LogP contribution in [0.3, 0.4) is 0 Å². The van der Waals surface area contributed by atoms with Gasteiger partial charge in [0.1, 0.15) is 0 Å². The van der Waals surface area contributed by atoms with Crippen molar-refractivity contribution in [3.05, 3.63) is 30.3 Å². The van der Waals surface area contributed by atoms with Gasteiger partial charge in [0.15, 0.2) is 5.96 Å². The van der Waals surface area contributed by atoms with Crippen LogP contribution in [0.25, 0.3) is 0 Å². The molecule has 0 aliphatic rings. The largest absolute Gasteiger partial charge is 0.385 e. The van der Waals surface area contributed by atoms with Crippen LogP contribution in [0.15, 0.2) is 35.3 Å². The lowest BCUT2D eigenvalue weighted by Gasteiger charge is -2.12. The van der Waals surface area contributed by atoms with Gasteiger partial charge >= 0.3 is 0 Å². The second-order valence-corrected chi connectivity index (χ2v) is 4.62. The van der Waals surface area contributed by atoms with Crippen LogP contribution < -0.4 is 16.0 Å². The Kier molecular flexibility index (Phi) is 14.2. The molecule has 0 unspecified atom stereocenters. The average Bonchev–Trinajstić information content (AvgIpc) is 2.53. The molecule has 0 aliphatic carbocycles. The first-order valence-corrected chi connectivity index (χ1v) is 7.68. The van der Waals surface area contributed by atoms with Crippen molar-refractivity contribution < 1.29 is 4.74 Å². The minimum Gasteiger partial charge on any atom is -0.385 e. The molecule has 6 heteroatoms. The molecule has 3 N–H and O–H groups in total. The van der Waals surface area contributed by atoms with Gasteiger partial charge in [-0.3, -0.25) is 4.99 Å². The lowest BCUT2D eigenvalue weighted by Crippen LogP contribution is -2.38. The lowest BCUT2D eigenvalue weighted by atomic mass is 10.3. The van der Waals surface area contributed by atoms with Crippen LogP contribution in [0.1, 0.15) is 19.8 Å². The van der Waals surface area contributed by atoms with Crippen molar-refractivity contribution >= 4 is 35.6 Å². The molecule has 0 saturated heterocycles. The summed E-state index contributed by atoms with van der Waals surface area (Å²) >= 11 is 0. The number of para-hydroxylation sites is 1. The van der Waals surface area contributed by atoms with Gasteiger partial charge in [-0.05, 0) is 31.9 Å². The van der Waals surface area contributed by atoms with E-state index in [-0.39, 0.29) is 24.0 Å². The van der Waals surface area contributed by atoms with E-state index in [0.717, 1.165) is 57.3 Å². The number of nitrogens with one attached hydrogen (secondary N) is 3. The minimum atomic E-state index is 0. The Balaban J connectivity index is 0.00000441. The summed E-state index contributed by atoms with van der Waals surface area (Å²) in [6.45, 7) is 6.30. The van der Waals surface area contributed by atoms with E-state index in [2.05, 4.69) is 33.1 Å². The Morgan fingerprint density at radius 1 is 1.05 bits per heavy atom. The predicted molar refractivity (Wildman–Crippen MR) is 105 cm³/mol. The molecule has 1 aromatic carbocycles. The number of halogens is 1. The second kappa shape index (κ2) is 14.9. The Morgan fingerprint density at radius 3 is 2.36 bits per heavy atom. The van der Waals surface area contributed by atoms with Gasteiger partial charge in [-0.15, -0.1) is 24.0 Å². The maximum Gasteiger partial charge on any atom is 0.190 e. The summed E-state index contributed by atoms with van der Waals surface area (Å²) in [5.41, 5.74) is 1.16. The zero-order chi connectivity index (χ0) is 15.2. The third kappa shape index (κ3) is 10.7. The molecule has 0 aliphatic heterocycles. The molecular formula is C16H29IN4O. The average molecular weight is 420 g/mol. The predicted octanol–water partition coefficient (Wildman–Crippen LogP) is 2.70. The first-order valence-electron chi connectivity index (χ1n) is 7.68. The smallest absolute Gasteiger partial charge is 0.190 e. The number of hydrogen-bond acceptors (Lipinski definition) is 3. The summed E-state index contributed by atoms with van der Waals surface area (Å²) in [6, 6.07) is 10.2. The number of hydrogen-bond donors (Lipinski definition) is 3. The van der Waals surface area contributed by atoms with Gasteiger partial charge in [0.25, 0.3) is 0 Å². The number of benzene rings is 1. The van der Waals surface area contributed by atoms with Gasteiger partial charge in [0, 0.05) is 45.6 Å². The van der Waals surface area contributed by atoms with E-state index in [1.54, 1.807) is 7.05 Å². The molecule has 0 radical (unpaired) electrons. The highest BCUT2D eigenvalue weighted by molar-refractivity contribution is 14.0. The molecule has 0 amide bonds. The molecule has 0 spiro atoms. The Bertz CT molecular complexity index is 387. The first-order chi connectivity index (χ1) is 10.4. The molecule has 22 heavy (non-hydrogen) atoms. The Labute approximate surface area is 151 Å². The third-order valence-corrected chi connectivity index (χ3v) is 2.93. The van der Waals surface area contributed by atoms with Gasteiger partial charge < -0.3 is 20.7 Å². The molecule has 0 heterocycles. The molecule has 0 atom stereocenters. The highest BCUT2D eigenvalue weighted by atomic mass is 127. The van der Waals surface area contributed by atoms with Crippen molar-refractivity contribution in [1.29, 1.82) is 0 Å². The highest BCUT2D eigenvalue weighted by Gasteiger charge is 1.96. The van der Waals surface area contributed by atoms with E-state index in [0.29, 0.717) is 0 Å². The zero-order valence-electron chi connectivity index (χ0n) is 13.6. The highest BCUT2D eigenvalue weighted by Crippen LogP contribution is 2.03. The van der Waals surface area contributed by atoms with Crippen molar-refractivity contribution in [2.24, 2.45) is 4.99 Å². The number of nitrogens with zero attached hydrogens (tertiary/aromatic N) is 1. The van der Waals surface area contributed by atoms with Gasteiger partial charge in [0.2, 0.25) is 0 Å². The van der Waals surface area contributed by atoms with E-state index < -0.39 is 0 Å². The minimum absolute atomic E-state index is 0. The first kappa shape index (κ1) is 21.0. The molecule has 0 fully saturated rings. The molecule has 1 rings (SSSR count). The fourth-order valence-electron chi connectivity index (χ4n) is 1.83. The number of guanidine groups is 1. The van der Waals surface area contributed by atoms with Crippen LogP contribution in [0.5, 0.6) is 0 Å². The van der Waals surface area contributed by atoms with E-state index in [1.165, 1.54) is 0 Å². The third-order valence-electron chi connectivity index (χ3n) is 2.93. The molecule has 0 bridgehead atoms. The molecule has 5 nitrogen and oxygen atoms in total. The summed E-state index contributed by atoms with van der Waals surface area (Å²) in [5, 5.41) is 9.97. The van der Waals surface area contributed by atoms with Crippen LogP contribution in [0, 0.1) is 0 Å². The summed E-state index contributed by atoms with van der Waals surface area (Å²) in [7, 11) is 1.79. The maximum atomic E-state index is 5.30. The van der Waals surface area contributed by atoms with Crippen molar-refractivity contribution in [1.82, 2.24) is 10.6 Å². The fraction of sp³-hybridized carbons (Fsp3) is 0.562. The molecule has 0 saturated carbocycles. The van der Waals surface area contributed by atoms with Gasteiger partial charge in [-0.25, -0.2) is 0 Å². The van der Waals surface area contributed by atoms with Gasteiger partial charge in [-0.2, -0.15) is 0 Å². The van der Waals surface area contributed by atoms with E-state index in [9.17, 15) is 0 Å². The van der Waals surface area contributed by atoms with Crippen molar-refractivity contribution in [3.63, 3.8) is 0 Å². The van der Waals surface area contributed by atoms with E-state index >= 15 is 0 Å². The molecule has 126 valence electrons. The van der Waals surface area contributed by atoms with Crippen LogP contribution in [0.2, 0.25) is 0 Å². The summed E-state index contributed by atoms with van der Waals surface area (Å²) in [5.74, 6) is 0.853. The molecule has 0 aromatic heterocycles. The summed E-state index contributed by atoms with van der Waals surface area (Å²) in [4.78, 5) is 4.19. The monoisotopic (exact) mass is 420 g/mol. The zero-order valence-corrected chi connectivity index (χ0v) is 15.9. The number of anilines is 1. The lowest BCUT2D eigenvalue weighted by molar-refractivity contribution is 0.145. The summed E-state index contributed by atoms with van der Waals surface area (Å²) < 4.78 is 5.30. The van der Waals surface area contributed by atoms with Crippen molar-refractivity contribution in [3.8, 4) is 0 Å². The number of rotatable bonds is 10. The van der Waals surface area contributed by atoms with E-state index in [1.807, 2.05) is 25.1 Å². The Hall–Kier alpha value is -1.02. The SMILES string of the molecule is CCOCCCNC(=NC)NCCCNc1ccccc1.I. The number of ether oxygens (including phenoxy) is 1. The van der Waals surface area contributed by atoms with Gasteiger partial charge in [-0.1, -0.05) is 18.2 Å². The van der Waals surface area contributed by atoms with E-state index in [4.69, 9.17) is 4.74 Å². The van der Waals surface area contributed by atoms with Crippen molar-refractivity contribution in [2.75, 3.05) is 45.2 Å². The van der Waals surface area contributed by atoms with Crippen LogP contribution in [-0.4, -0.2) is 45.9 Å². The van der Waals surface area contributed by atoms with Crippen LogP contribution in [-0.2, 0) is 4.74 Å². The second-order valence-electron chi connectivity index (χ2n) is 4.62. The standard InChI is InChI=1S/C16H28N4O.HI/c1-3-21-14-8-13-20-16(17-2)19-12-7-11-18-15-9-5-4-6-10-15;/h4-6,9-10,18H,3,7-8,11-14H2,1-2H3,(H2,17,19,20);1H. The van der Waals surface area contributed by atoms with Gasteiger partial charge in [0.05, 0.1) is 0 Å². The normalized spacial score (nSPS) is 10.7. The maximum absolute atomic E-state index is 5.30. The van der Waals surface area contributed by atoms with Crippen LogP contribution >= 0.6 is 24.0 Å². The quantitative estimate of drug-likeness (QED) is 0.236. The fourth-order valence-corrected chi connectivity index (χ4v) is 1.83. The Morgan fingerprint density at radius 2 is 1.73 bits per heavy atom. The summed E-state index contributed by atoms with van der Waals surface area (Å²) in [6.07, 6.45) is 2.03.